The van der Waals surface area contributed by atoms with Crippen molar-refractivity contribution in [1.29, 1.82) is 0 Å². The molecule has 0 bridgehead atoms. The fraction of sp³-hybridized carbons (Fsp3) is 0.471. The van der Waals surface area contributed by atoms with Gasteiger partial charge in [-0.1, -0.05) is 36.5 Å². The summed E-state index contributed by atoms with van der Waals surface area (Å²) in [6.07, 6.45) is 1.91. The van der Waals surface area contributed by atoms with Crippen molar-refractivity contribution in [3.63, 3.8) is 0 Å². The summed E-state index contributed by atoms with van der Waals surface area (Å²) in [5, 5.41) is 1.81. The topological polar surface area (TPSA) is 66.5 Å². The second-order valence-corrected chi connectivity index (χ2v) is 6.26. The molecule has 0 unspecified atom stereocenters. The van der Waals surface area contributed by atoms with Gasteiger partial charge in [0.2, 0.25) is 0 Å². The zero-order valence-electron chi connectivity index (χ0n) is 14.3. The van der Waals surface area contributed by atoms with E-state index in [2.05, 4.69) is 6.92 Å². The maximum absolute atomic E-state index is 12.9. The molecule has 2 aromatic rings. The number of methoxy groups -OCH3 is 1. The van der Waals surface area contributed by atoms with Gasteiger partial charge in [-0.2, -0.15) is 0 Å². The molecule has 1 heterocycles. The maximum atomic E-state index is 12.9. The van der Waals surface area contributed by atoms with Crippen LogP contribution < -0.4 is 16.0 Å². The highest BCUT2D eigenvalue weighted by atomic mass is 35.5. The van der Waals surface area contributed by atoms with Gasteiger partial charge in [-0.3, -0.25) is 4.79 Å². The molecule has 8 heteroatoms. The van der Waals surface area contributed by atoms with E-state index in [1.807, 2.05) is 0 Å². The first-order chi connectivity index (χ1) is 11.5. The number of ether oxygens (including phenoxy) is 2. The van der Waals surface area contributed by atoms with Gasteiger partial charge in [-0.05, 0) is 18.6 Å². The predicted molar refractivity (Wildman–Crippen MR) is 106 cm³/mol. The van der Waals surface area contributed by atoms with E-state index in [1.54, 1.807) is 23.8 Å². The minimum Gasteiger partial charge on any atom is -0.491 e. The van der Waals surface area contributed by atoms with Gasteiger partial charge in [-0.15, -0.1) is 12.4 Å². The molecule has 140 valence electrons. The number of aromatic nitrogens is 1. The van der Waals surface area contributed by atoms with Crippen LogP contribution in [0.25, 0.3) is 10.8 Å². The normalized spacial score (nSPS) is 10.8. The molecule has 0 aliphatic heterocycles. The summed E-state index contributed by atoms with van der Waals surface area (Å²) in [4.78, 5) is 12.9. The molecule has 0 amide bonds. The monoisotopic (exact) mass is 408 g/mol. The number of nitrogens with zero attached hydrogens (tertiary/aromatic N) is 1. The van der Waals surface area contributed by atoms with E-state index in [0.29, 0.717) is 52.0 Å². The van der Waals surface area contributed by atoms with Crippen LogP contribution in [0.1, 0.15) is 25.5 Å². The van der Waals surface area contributed by atoms with Gasteiger partial charge >= 0.3 is 0 Å². The van der Waals surface area contributed by atoms with Gasteiger partial charge in [0.15, 0.2) is 0 Å². The van der Waals surface area contributed by atoms with Crippen LogP contribution in [0.4, 0.5) is 0 Å². The third kappa shape index (κ3) is 4.80. The molecule has 2 N–H and O–H groups in total. The highest BCUT2D eigenvalue weighted by molar-refractivity contribution is 6.42. The van der Waals surface area contributed by atoms with E-state index in [0.717, 1.165) is 12.8 Å². The first kappa shape index (κ1) is 22.1. The number of rotatable bonds is 8. The summed E-state index contributed by atoms with van der Waals surface area (Å²) in [6.45, 7) is 3.59. The van der Waals surface area contributed by atoms with Crippen molar-refractivity contribution in [3.8, 4) is 5.75 Å². The fourth-order valence-corrected chi connectivity index (χ4v) is 2.89. The molecule has 0 aliphatic carbocycles. The third-order valence-corrected chi connectivity index (χ3v) is 4.55. The number of halogens is 3. The SMILES string of the molecule is CCCCOc1c(CN)n(CCOC)c(=O)c2cc(Cl)c(Cl)cc12.Cl. The van der Waals surface area contributed by atoms with Crippen molar-refractivity contribution in [2.75, 3.05) is 20.3 Å². The Morgan fingerprint density at radius 3 is 2.36 bits per heavy atom. The molecule has 0 saturated carbocycles. The molecule has 0 saturated heterocycles. The molecule has 25 heavy (non-hydrogen) atoms. The Hall–Kier alpha value is -0.980. The smallest absolute Gasteiger partial charge is 0.259 e. The molecule has 0 radical (unpaired) electrons. The zero-order chi connectivity index (χ0) is 17.7. The number of hydrogen-bond acceptors (Lipinski definition) is 4. The Labute approximate surface area is 163 Å². The minimum absolute atomic E-state index is 0. The van der Waals surface area contributed by atoms with Crippen LogP contribution in [0.5, 0.6) is 5.75 Å². The Morgan fingerprint density at radius 2 is 1.80 bits per heavy atom. The standard InChI is InChI=1S/C17H22Cl2N2O3.ClH/c1-3-4-6-24-16-11-8-13(18)14(19)9-12(11)17(22)21(5-7-23-2)15(16)10-20;/h8-9H,3-7,10,20H2,1-2H3;1H. The van der Waals surface area contributed by atoms with Crippen LogP contribution in [-0.2, 0) is 17.8 Å². The van der Waals surface area contributed by atoms with Gasteiger partial charge in [0, 0.05) is 25.6 Å². The Bertz CT molecular complexity index is 778. The predicted octanol–water partition coefficient (Wildman–Crippen LogP) is 4.01. The highest BCUT2D eigenvalue weighted by Crippen LogP contribution is 2.34. The average molecular weight is 410 g/mol. The van der Waals surface area contributed by atoms with E-state index in [9.17, 15) is 4.79 Å². The number of nitrogens with two attached hydrogens (primary N) is 1. The van der Waals surface area contributed by atoms with Crippen molar-refractivity contribution in [1.82, 2.24) is 4.57 Å². The number of hydrogen-bond donors (Lipinski definition) is 1. The molecular formula is C17H23Cl3N2O3. The fourth-order valence-electron chi connectivity index (χ4n) is 2.56. The molecule has 0 aliphatic rings. The average Bonchev–Trinajstić information content (AvgIpc) is 2.57. The van der Waals surface area contributed by atoms with E-state index >= 15 is 0 Å². The lowest BCUT2D eigenvalue weighted by atomic mass is 10.1. The summed E-state index contributed by atoms with van der Waals surface area (Å²) < 4.78 is 12.7. The Balaban J connectivity index is 0.00000312. The van der Waals surface area contributed by atoms with E-state index in [4.69, 9.17) is 38.4 Å². The molecule has 1 aromatic heterocycles. The molecular weight excluding hydrogens is 387 g/mol. The van der Waals surface area contributed by atoms with Crippen LogP contribution >= 0.6 is 35.6 Å². The quantitative estimate of drug-likeness (QED) is 0.669. The lowest BCUT2D eigenvalue weighted by Crippen LogP contribution is -2.28. The van der Waals surface area contributed by atoms with Crippen molar-refractivity contribution in [3.05, 3.63) is 38.2 Å². The zero-order valence-corrected chi connectivity index (χ0v) is 16.6. The first-order valence-electron chi connectivity index (χ1n) is 7.91. The number of benzene rings is 1. The summed E-state index contributed by atoms with van der Waals surface area (Å²) >= 11 is 12.2. The van der Waals surface area contributed by atoms with E-state index in [1.165, 1.54) is 0 Å². The lowest BCUT2D eigenvalue weighted by molar-refractivity contribution is 0.184. The molecule has 0 fully saturated rings. The minimum atomic E-state index is -0.177. The molecule has 5 nitrogen and oxygen atoms in total. The number of unbranched alkanes of at least 4 members (excludes halogenated alkanes) is 1. The summed E-state index contributed by atoms with van der Waals surface area (Å²) in [5.41, 5.74) is 6.38. The summed E-state index contributed by atoms with van der Waals surface area (Å²) in [5.74, 6) is 0.593. The third-order valence-electron chi connectivity index (χ3n) is 3.83. The van der Waals surface area contributed by atoms with Gasteiger partial charge in [0.25, 0.3) is 5.56 Å². The Morgan fingerprint density at radius 1 is 1.16 bits per heavy atom. The second-order valence-electron chi connectivity index (χ2n) is 5.44. The van der Waals surface area contributed by atoms with Crippen LogP contribution in [0.3, 0.4) is 0 Å². The largest absolute Gasteiger partial charge is 0.491 e. The molecule has 1 aromatic carbocycles. The molecule has 0 atom stereocenters. The van der Waals surface area contributed by atoms with Crippen molar-refractivity contribution >= 4 is 46.4 Å². The van der Waals surface area contributed by atoms with Gasteiger partial charge in [-0.25, -0.2) is 0 Å². The van der Waals surface area contributed by atoms with Crippen LogP contribution in [0, 0.1) is 0 Å². The summed E-state index contributed by atoms with van der Waals surface area (Å²) in [7, 11) is 1.59. The van der Waals surface area contributed by atoms with E-state index < -0.39 is 0 Å². The molecule has 2 rings (SSSR count). The van der Waals surface area contributed by atoms with Crippen LogP contribution in [0.2, 0.25) is 10.0 Å². The van der Waals surface area contributed by atoms with Crippen LogP contribution in [0.15, 0.2) is 16.9 Å². The van der Waals surface area contributed by atoms with Crippen molar-refractivity contribution in [2.24, 2.45) is 5.73 Å². The van der Waals surface area contributed by atoms with Crippen molar-refractivity contribution in [2.45, 2.75) is 32.9 Å². The number of fused-ring (bicyclic) bond motifs is 1. The van der Waals surface area contributed by atoms with Gasteiger partial charge in [0.05, 0.1) is 34.3 Å². The highest BCUT2D eigenvalue weighted by Gasteiger charge is 2.18. The second kappa shape index (κ2) is 10.2. The Kier molecular flexibility index (Phi) is 9.03. The number of pyridine rings is 1. The van der Waals surface area contributed by atoms with Gasteiger partial charge < -0.3 is 19.8 Å². The van der Waals surface area contributed by atoms with Crippen molar-refractivity contribution < 1.29 is 9.47 Å². The molecule has 0 spiro atoms. The van der Waals surface area contributed by atoms with Gasteiger partial charge in [0.1, 0.15) is 5.75 Å². The van der Waals surface area contributed by atoms with Crippen LogP contribution in [-0.4, -0.2) is 24.9 Å². The summed E-state index contributed by atoms with van der Waals surface area (Å²) in [6, 6.07) is 3.25. The lowest BCUT2D eigenvalue weighted by Gasteiger charge is -2.19. The van der Waals surface area contributed by atoms with E-state index in [-0.39, 0.29) is 24.5 Å². The first-order valence-corrected chi connectivity index (χ1v) is 8.66. The maximum Gasteiger partial charge on any atom is 0.259 e.